The highest BCUT2D eigenvalue weighted by molar-refractivity contribution is 5.92. The Morgan fingerprint density at radius 3 is 3.05 bits per heavy atom. The number of aliphatic hydroxyl groups is 1. The lowest BCUT2D eigenvalue weighted by Crippen LogP contribution is -2.37. The molecule has 1 aromatic heterocycles. The molecule has 1 saturated heterocycles. The number of aromatic nitrogens is 2. The van der Waals surface area contributed by atoms with Gasteiger partial charge in [-0.05, 0) is 37.1 Å². The van der Waals surface area contributed by atoms with Crippen LogP contribution in [0.1, 0.15) is 23.3 Å². The van der Waals surface area contributed by atoms with E-state index in [4.69, 9.17) is 0 Å². The average Bonchev–Trinajstić information content (AvgIpc) is 3.15. The Labute approximate surface area is 121 Å². The van der Waals surface area contributed by atoms with Crippen LogP contribution in [0.2, 0.25) is 0 Å². The van der Waals surface area contributed by atoms with E-state index in [1.54, 1.807) is 29.3 Å². The smallest absolute Gasteiger partial charge is 0.274 e. The molecule has 2 heterocycles. The Balaban J connectivity index is 1.83. The van der Waals surface area contributed by atoms with Crippen LogP contribution in [0, 0.1) is 5.82 Å². The van der Waals surface area contributed by atoms with Crippen LogP contribution in [0.25, 0.3) is 5.69 Å². The Hall–Kier alpha value is -2.21. The number of carbonyl (C=O) groups is 1. The molecule has 3 rings (SSSR count). The number of carbonyl (C=O) groups excluding carboxylic acids is 1. The summed E-state index contributed by atoms with van der Waals surface area (Å²) >= 11 is 0. The summed E-state index contributed by atoms with van der Waals surface area (Å²) in [5.41, 5.74) is 0.869. The number of aliphatic hydroxyl groups excluding tert-OH is 1. The summed E-state index contributed by atoms with van der Waals surface area (Å²) in [6.07, 6.45) is 3.33. The zero-order valence-corrected chi connectivity index (χ0v) is 11.4. The third kappa shape index (κ3) is 2.67. The Morgan fingerprint density at radius 2 is 2.29 bits per heavy atom. The highest BCUT2D eigenvalue weighted by atomic mass is 19.1. The minimum Gasteiger partial charge on any atom is -0.394 e. The molecule has 1 atom stereocenters. The molecule has 1 fully saturated rings. The number of hydrogen-bond donors (Lipinski definition) is 1. The maximum atomic E-state index is 13.2. The van der Waals surface area contributed by atoms with Crippen molar-refractivity contribution in [2.24, 2.45) is 0 Å². The molecule has 0 spiro atoms. The molecule has 21 heavy (non-hydrogen) atoms. The van der Waals surface area contributed by atoms with Crippen molar-refractivity contribution in [3.63, 3.8) is 0 Å². The molecule has 1 N–H and O–H groups in total. The minimum atomic E-state index is -0.351. The molecule has 1 aliphatic rings. The van der Waals surface area contributed by atoms with Crippen LogP contribution in [0.3, 0.4) is 0 Å². The molecule has 0 saturated carbocycles. The second kappa shape index (κ2) is 5.65. The zero-order chi connectivity index (χ0) is 14.8. The van der Waals surface area contributed by atoms with Gasteiger partial charge >= 0.3 is 0 Å². The number of halogens is 1. The molecule has 6 heteroatoms. The van der Waals surface area contributed by atoms with Gasteiger partial charge in [0, 0.05) is 12.7 Å². The Kier molecular flexibility index (Phi) is 3.70. The highest BCUT2D eigenvalue weighted by Crippen LogP contribution is 2.19. The monoisotopic (exact) mass is 289 g/mol. The third-order valence-corrected chi connectivity index (χ3v) is 3.73. The first kappa shape index (κ1) is 13.8. The predicted molar refractivity (Wildman–Crippen MR) is 74.7 cm³/mol. The number of amides is 1. The number of likely N-dealkylation sites (tertiary alicyclic amines) is 1. The van der Waals surface area contributed by atoms with E-state index in [-0.39, 0.29) is 24.4 Å². The van der Waals surface area contributed by atoms with Gasteiger partial charge in [-0.15, -0.1) is 0 Å². The van der Waals surface area contributed by atoms with Gasteiger partial charge in [-0.2, -0.15) is 5.10 Å². The van der Waals surface area contributed by atoms with E-state index < -0.39 is 0 Å². The molecule has 5 nitrogen and oxygen atoms in total. The van der Waals surface area contributed by atoms with E-state index in [2.05, 4.69) is 5.10 Å². The standard InChI is InChI=1S/C15H16FN3O2/c16-11-3-1-4-12(9-11)19-8-6-14(17-19)15(21)18-7-2-5-13(18)10-20/h1,3-4,6,8-9,13,20H,2,5,7,10H2/t13-/m1/s1. The number of benzene rings is 1. The molecule has 0 bridgehead atoms. The highest BCUT2D eigenvalue weighted by Gasteiger charge is 2.29. The van der Waals surface area contributed by atoms with Crippen molar-refractivity contribution in [2.45, 2.75) is 18.9 Å². The molecular formula is C15H16FN3O2. The zero-order valence-electron chi connectivity index (χ0n) is 11.4. The molecule has 1 amide bonds. The maximum absolute atomic E-state index is 13.2. The number of hydrogen-bond acceptors (Lipinski definition) is 3. The fraction of sp³-hybridized carbons (Fsp3) is 0.333. The fourth-order valence-electron chi connectivity index (χ4n) is 2.64. The van der Waals surface area contributed by atoms with Crippen LogP contribution in [-0.4, -0.2) is 44.9 Å². The lowest BCUT2D eigenvalue weighted by atomic mass is 10.2. The summed E-state index contributed by atoms with van der Waals surface area (Å²) in [6.45, 7) is 0.604. The van der Waals surface area contributed by atoms with Crippen LogP contribution in [-0.2, 0) is 0 Å². The quantitative estimate of drug-likeness (QED) is 0.934. The summed E-state index contributed by atoms with van der Waals surface area (Å²) in [6, 6.07) is 7.51. The van der Waals surface area contributed by atoms with Crippen LogP contribution in [0.4, 0.5) is 4.39 Å². The van der Waals surface area contributed by atoms with E-state index in [1.165, 1.54) is 16.8 Å². The summed E-state index contributed by atoms with van der Waals surface area (Å²) < 4.78 is 14.7. The molecule has 2 aromatic rings. The second-order valence-corrected chi connectivity index (χ2v) is 5.10. The van der Waals surface area contributed by atoms with Gasteiger partial charge in [0.05, 0.1) is 18.3 Å². The summed E-state index contributed by atoms with van der Waals surface area (Å²) in [7, 11) is 0. The van der Waals surface area contributed by atoms with Crippen molar-refractivity contribution in [2.75, 3.05) is 13.2 Å². The van der Waals surface area contributed by atoms with E-state index >= 15 is 0 Å². The molecule has 0 aliphatic carbocycles. The van der Waals surface area contributed by atoms with Gasteiger partial charge in [0.1, 0.15) is 5.82 Å². The third-order valence-electron chi connectivity index (χ3n) is 3.73. The van der Waals surface area contributed by atoms with Crippen LogP contribution in [0.15, 0.2) is 36.5 Å². The van der Waals surface area contributed by atoms with Crippen molar-refractivity contribution in [3.05, 3.63) is 48.0 Å². The first-order valence-corrected chi connectivity index (χ1v) is 6.92. The normalized spacial score (nSPS) is 18.2. The van der Waals surface area contributed by atoms with Gasteiger partial charge in [0.15, 0.2) is 5.69 Å². The summed E-state index contributed by atoms with van der Waals surface area (Å²) in [4.78, 5) is 14.0. The van der Waals surface area contributed by atoms with E-state index in [9.17, 15) is 14.3 Å². The lowest BCUT2D eigenvalue weighted by Gasteiger charge is -2.21. The van der Waals surface area contributed by atoms with Crippen LogP contribution in [0.5, 0.6) is 0 Å². The van der Waals surface area contributed by atoms with Gasteiger partial charge in [-0.3, -0.25) is 4.79 Å². The largest absolute Gasteiger partial charge is 0.394 e. The van der Waals surface area contributed by atoms with Gasteiger partial charge in [-0.25, -0.2) is 9.07 Å². The summed E-state index contributed by atoms with van der Waals surface area (Å²) in [5.74, 6) is -0.544. The first-order valence-electron chi connectivity index (χ1n) is 6.92. The van der Waals surface area contributed by atoms with Crippen LogP contribution < -0.4 is 0 Å². The van der Waals surface area contributed by atoms with Gasteiger partial charge in [0.2, 0.25) is 0 Å². The van der Waals surface area contributed by atoms with Gasteiger partial charge in [0.25, 0.3) is 5.91 Å². The molecule has 0 unspecified atom stereocenters. The number of nitrogens with zero attached hydrogens (tertiary/aromatic N) is 3. The minimum absolute atomic E-state index is 0.0314. The molecule has 1 aliphatic heterocycles. The van der Waals surface area contributed by atoms with Gasteiger partial charge < -0.3 is 10.0 Å². The van der Waals surface area contributed by atoms with Crippen molar-refractivity contribution in [1.29, 1.82) is 0 Å². The first-order chi connectivity index (χ1) is 10.2. The maximum Gasteiger partial charge on any atom is 0.274 e. The van der Waals surface area contributed by atoms with Crippen molar-refractivity contribution in [1.82, 2.24) is 14.7 Å². The fourth-order valence-corrected chi connectivity index (χ4v) is 2.64. The second-order valence-electron chi connectivity index (χ2n) is 5.10. The molecule has 1 aromatic carbocycles. The van der Waals surface area contributed by atoms with Crippen molar-refractivity contribution in [3.8, 4) is 5.69 Å². The summed E-state index contributed by atoms with van der Waals surface area (Å²) in [5, 5.41) is 13.5. The SMILES string of the molecule is O=C(c1ccn(-c2cccc(F)c2)n1)N1CCC[C@@H]1CO. The van der Waals surface area contributed by atoms with E-state index in [0.717, 1.165) is 12.8 Å². The molecule has 110 valence electrons. The molecular weight excluding hydrogens is 273 g/mol. The van der Waals surface area contributed by atoms with Crippen LogP contribution >= 0.6 is 0 Å². The predicted octanol–water partition coefficient (Wildman–Crippen LogP) is 1.61. The lowest BCUT2D eigenvalue weighted by molar-refractivity contribution is 0.0671. The van der Waals surface area contributed by atoms with Crippen molar-refractivity contribution < 1.29 is 14.3 Å². The van der Waals surface area contributed by atoms with Crippen molar-refractivity contribution >= 4 is 5.91 Å². The van der Waals surface area contributed by atoms with Gasteiger partial charge in [-0.1, -0.05) is 6.07 Å². The molecule has 0 radical (unpaired) electrons. The Bertz CT molecular complexity index is 656. The number of rotatable bonds is 3. The topological polar surface area (TPSA) is 58.4 Å². The van der Waals surface area contributed by atoms with E-state index in [0.29, 0.717) is 17.9 Å². The average molecular weight is 289 g/mol. The van der Waals surface area contributed by atoms with E-state index in [1.807, 2.05) is 0 Å². The Morgan fingerprint density at radius 1 is 1.43 bits per heavy atom.